The number of carbonyl (C=O) groups is 2. The maximum atomic E-state index is 11.5. The number of nitrogens with one attached hydrogen (secondary N) is 1. The Morgan fingerprint density at radius 1 is 1.30 bits per heavy atom. The molecule has 1 amide bonds. The van der Waals surface area contributed by atoms with Gasteiger partial charge in [0.15, 0.2) is 11.5 Å². The number of carboxylic acid groups (broad SMARTS) is 1. The number of amides is 1. The second-order valence-corrected chi connectivity index (χ2v) is 4.67. The average Bonchev–Trinajstić information content (AvgIpc) is 2.46. The van der Waals surface area contributed by atoms with E-state index in [1.807, 2.05) is 0 Å². The van der Waals surface area contributed by atoms with Crippen LogP contribution in [-0.4, -0.2) is 37.7 Å². The van der Waals surface area contributed by atoms with E-state index in [0.29, 0.717) is 11.5 Å². The smallest absolute Gasteiger partial charge is 0.308 e. The number of ether oxygens (including phenoxy) is 2. The highest BCUT2D eigenvalue weighted by molar-refractivity contribution is 5.82. The van der Waals surface area contributed by atoms with Crippen LogP contribution in [0.25, 0.3) is 0 Å². The van der Waals surface area contributed by atoms with Crippen molar-refractivity contribution in [3.8, 4) is 11.5 Å². The second-order valence-electron chi connectivity index (χ2n) is 4.67. The van der Waals surface area contributed by atoms with Gasteiger partial charge in [-0.15, -0.1) is 0 Å². The first kappa shape index (κ1) is 14.2. The molecule has 0 aromatic heterocycles. The minimum absolute atomic E-state index is 0.137. The molecule has 2 unspecified atom stereocenters. The zero-order valence-corrected chi connectivity index (χ0v) is 11.4. The molecular formula is C14H17NO5. The third-order valence-corrected chi connectivity index (χ3v) is 3.56. The Morgan fingerprint density at radius 3 is 2.60 bits per heavy atom. The molecule has 6 heteroatoms. The molecular weight excluding hydrogens is 262 g/mol. The van der Waals surface area contributed by atoms with E-state index >= 15 is 0 Å². The van der Waals surface area contributed by atoms with Crippen LogP contribution < -0.4 is 14.8 Å². The molecule has 0 radical (unpaired) electrons. The highest BCUT2D eigenvalue weighted by Gasteiger charge is 2.35. The SMILES string of the molecule is COc1ccc(C2CC(=O)NCC2C(=O)O)cc1OC. The largest absolute Gasteiger partial charge is 0.493 e. The van der Waals surface area contributed by atoms with Crippen molar-refractivity contribution in [2.75, 3.05) is 20.8 Å². The van der Waals surface area contributed by atoms with Crippen LogP contribution in [0.2, 0.25) is 0 Å². The summed E-state index contributed by atoms with van der Waals surface area (Å²) in [7, 11) is 3.05. The van der Waals surface area contributed by atoms with Gasteiger partial charge in [-0.1, -0.05) is 6.07 Å². The van der Waals surface area contributed by atoms with Gasteiger partial charge >= 0.3 is 5.97 Å². The average molecular weight is 279 g/mol. The Labute approximate surface area is 116 Å². The normalized spacial score (nSPS) is 22.0. The summed E-state index contributed by atoms with van der Waals surface area (Å²) in [6.45, 7) is 0.146. The van der Waals surface area contributed by atoms with Crippen LogP contribution in [0.3, 0.4) is 0 Å². The van der Waals surface area contributed by atoms with Gasteiger partial charge in [-0.2, -0.15) is 0 Å². The van der Waals surface area contributed by atoms with Gasteiger partial charge in [0.25, 0.3) is 0 Å². The lowest BCUT2D eigenvalue weighted by Gasteiger charge is -2.29. The van der Waals surface area contributed by atoms with Crippen LogP contribution in [0.4, 0.5) is 0 Å². The summed E-state index contributed by atoms with van der Waals surface area (Å²) in [6.07, 6.45) is 0.159. The highest BCUT2D eigenvalue weighted by atomic mass is 16.5. The van der Waals surface area contributed by atoms with Crippen LogP contribution >= 0.6 is 0 Å². The molecule has 1 heterocycles. The van der Waals surface area contributed by atoms with Gasteiger partial charge in [0.05, 0.1) is 20.1 Å². The van der Waals surface area contributed by atoms with Crippen LogP contribution in [0, 0.1) is 5.92 Å². The standard InChI is InChI=1S/C14H17NO5/c1-19-11-4-3-8(5-12(11)20-2)9-6-13(16)15-7-10(9)14(17)18/h3-5,9-10H,6-7H2,1-2H3,(H,15,16)(H,17,18). The Kier molecular flexibility index (Phi) is 4.12. The lowest BCUT2D eigenvalue weighted by atomic mass is 9.81. The predicted octanol–water partition coefficient (Wildman–Crippen LogP) is 1.01. The Balaban J connectivity index is 2.36. The van der Waals surface area contributed by atoms with Gasteiger partial charge < -0.3 is 19.9 Å². The number of aliphatic carboxylic acids is 1. The molecule has 1 aliphatic heterocycles. The van der Waals surface area contributed by atoms with Crippen molar-refractivity contribution >= 4 is 11.9 Å². The molecule has 0 saturated carbocycles. The van der Waals surface area contributed by atoms with Crippen LogP contribution in [0.5, 0.6) is 11.5 Å². The van der Waals surface area contributed by atoms with Crippen molar-refractivity contribution in [3.05, 3.63) is 23.8 Å². The number of hydrogen-bond donors (Lipinski definition) is 2. The first-order valence-corrected chi connectivity index (χ1v) is 6.28. The van der Waals surface area contributed by atoms with E-state index in [-0.39, 0.29) is 24.8 Å². The van der Waals surface area contributed by atoms with E-state index in [9.17, 15) is 14.7 Å². The fourth-order valence-electron chi connectivity index (χ4n) is 2.47. The first-order chi connectivity index (χ1) is 9.56. The van der Waals surface area contributed by atoms with Crippen molar-refractivity contribution in [1.29, 1.82) is 0 Å². The second kappa shape index (κ2) is 5.81. The maximum Gasteiger partial charge on any atom is 0.308 e. The number of carbonyl (C=O) groups excluding carboxylic acids is 1. The Hall–Kier alpha value is -2.24. The minimum Gasteiger partial charge on any atom is -0.493 e. The summed E-state index contributed by atoms with van der Waals surface area (Å²) in [5.74, 6) is -0.942. The molecule has 2 rings (SSSR count). The third-order valence-electron chi connectivity index (χ3n) is 3.56. The van der Waals surface area contributed by atoms with E-state index in [1.165, 1.54) is 14.2 Å². The van der Waals surface area contributed by atoms with Crippen molar-refractivity contribution in [2.24, 2.45) is 5.92 Å². The fourth-order valence-corrected chi connectivity index (χ4v) is 2.47. The summed E-state index contributed by atoms with van der Waals surface area (Å²) in [6, 6.07) is 5.23. The monoisotopic (exact) mass is 279 g/mol. The van der Waals surface area contributed by atoms with Crippen molar-refractivity contribution in [2.45, 2.75) is 12.3 Å². The molecule has 1 aromatic carbocycles. The molecule has 6 nitrogen and oxygen atoms in total. The zero-order chi connectivity index (χ0) is 14.7. The third kappa shape index (κ3) is 2.68. The van der Waals surface area contributed by atoms with E-state index in [1.54, 1.807) is 18.2 Å². The van der Waals surface area contributed by atoms with Crippen molar-refractivity contribution in [1.82, 2.24) is 5.32 Å². The van der Waals surface area contributed by atoms with Crippen molar-refractivity contribution < 1.29 is 24.2 Å². The molecule has 1 aliphatic rings. The lowest BCUT2D eigenvalue weighted by Crippen LogP contribution is -2.43. The molecule has 2 N–H and O–H groups in total. The molecule has 1 saturated heterocycles. The summed E-state index contributed by atoms with van der Waals surface area (Å²) < 4.78 is 10.4. The van der Waals surface area contributed by atoms with Crippen LogP contribution in [0.15, 0.2) is 18.2 Å². The van der Waals surface area contributed by atoms with Gasteiger partial charge in [0.1, 0.15) is 0 Å². The molecule has 1 fully saturated rings. The topological polar surface area (TPSA) is 84.9 Å². The van der Waals surface area contributed by atoms with Gasteiger partial charge in [-0.3, -0.25) is 9.59 Å². The van der Waals surface area contributed by atoms with Crippen molar-refractivity contribution in [3.63, 3.8) is 0 Å². The summed E-state index contributed by atoms with van der Waals surface area (Å²) in [5.41, 5.74) is 0.768. The van der Waals surface area contributed by atoms with Crippen LogP contribution in [0.1, 0.15) is 17.9 Å². The van der Waals surface area contributed by atoms with E-state index < -0.39 is 11.9 Å². The minimum atomic E-state index is -0.912. The van der Waals surface area contributed by atoms with Crippen LogP contribution in [-0.2, 0) is 9.59 Å². The lowest BCUT2D eigenvalue weighted by molar-refractivity contribution is -0.144. The quantitative estimate of drug-likeness (QED) is 0.859. The van der Waals surface area contributed by atoms with Gasteiger partial charge in [-0.25, -0.2) is 0 Å². The predicted molar refractivity (Wildman–Crippen MR) is 71.0 cm³/mol. The fraction of sp³-hybridized carbons (Fsp3) is 0.429. The highest BCUT2D eigenvalue weighted by Crippen LogP contribution is 2.36. The van der Waals surface area contributed by atoms with E-state index in [2.05, 4.69) is 5.32 Å². The number of benzene rings is 1. The van der Waals surface area contributed by atoms with Gasteiger partial charge in [0.2, 0.25) is 5.91 Å². The Morgan fingerprint density at radius 2 is 2.00 bits per heavy atom. The molecule has 2 atom stereocenters. The molecule has 0 bridgehead atoms. The number of rotatable bonds is 4. The molecule has 108 valence electrons. The van der Waals surface area contributed by atoms with E-state index in [4.69, 9.17) is 9.47 Å². The molecule has 0 aliphatic carbocycles. The Bertz CT molecular complexity index is 528. The first-order valence-electron chi connectivity index (χ1n) is 6.28. The van der Waals surface area contributed by atoms with Gasteiger partial charge in [-0.05, 0) is 17.7 Å². The zero-order valence-electron chi connectivity index (χ0n) is 11.4. The molecule has 0 spiro atoms. The summed E-state index contributed by atoms with van der Waals surface area (Å²) >= 11 is 0. The summed E-state index contributed by atoms with van der Waals surface area (Å²) in [4.78, 5) is 22.8. The number of methoxy groups -OCH3 is 2. The van der Waals surface area contributed by atoms with Gasteiger partial charge in [0, 0.05) is 18.9 Å². The summed E-state index contributed by atoms with van der Waals surface area (Å²) in [5, 5.41) is 11.9. The number of piperidine rings is 1. The number of hydrogen-bond acceptors (Lipinski definition) is 4. The number of carboxylic acids is 1. The molecule has 20 heavy (non-hydrogen) atoms. The molecule has 1 aromatic rings. The van der Waals surface area contributed by atoms with E-state index in [0.717, 1.165) is 5.56 Å². The maximum absolute atomic E-state index is 11.5.